The van der Waals surface area contributed by atoms with Crippen LogP contribution in [0, 0.1) is 11.8 Å². The first kappa shape index (κ1) is 14.8. The van der Waals surface area contributed by atoms with Crippen LogP contribution in [0.5, 0.6) is 5.88 Å². The van der Waals surface area contributed by atoms with Crippen molar-refractivity contribution in [2.45, 2.75) is 40.0 Å². The van der Waals surface area contributed by atoms with Crippen molar-refractivity contribution in [2.75, 3.05) is 18.5 Å². The Balaban J connectivity index is 2.05. The van der Waals surface area contributed by atoms with Crippen LogP contribution in [0.15, 0.2) is 18.5 Å². The molecular formula is C16H25N3O. The van der Waals surface area contributed by atoms with Gasteiger partial charge in [0.05, 0.1) is 12.2 Å². The zero-order chi connectivity index (χ0) is 14.4. The third-order valence-electron chi connectivity index (χ3n) is 3.96. The maximum atomic E-state index is 6.00. The molecule has 110 valence electrons. The van der Waals surface area contributed by atoms with Crippen molar-refractivity contribution in [1.29, 1.82) is 0 Å². The number of aromatic nitrogens is 2. The van der Waals surface area contributed by atoms with Crippen molar-refractivity contribution in [2.24, 2.45) is 11.8 Å². The van der Waals surface area contributed by atoms with Crippen molar-refractivity contribution >= 4 is 5.82 Å². The lowest BCUT2D eigenvalue weighted by Gasteiger charge is -2.25. The average Bonchev–Trinajstić information content (AvgIpc) is 2.47. The summed E-state index contributed by atoms with van der Waals surface area (Å²) in [5.74, 6) is 2.90. The molecule has 0 fully saturated rings. The molecule has 0 aliphatic heterocycles. The van der Waals surface area contributed by atoms with Gasteiger partial charge in [-0.2, -0.15) is 0 Å². The lowest BCUT2D eigenvalue weighted by molar-refractivity contribution is 0.191. The highest BCUT2D eigenvalue weighted by Crippen LogP contribution is 2.27. The number of ether oxygens (including phenoxy) is 1. The number of nitrogens with one attached hydrogen (secondary N) is 1. The van der Waals surface area contributed by atoms with Crippen LogP contribution < -0.4 is 10.1 Å². The van der Waals surface area contributed by atoms with Gasteiger partial charge >= 0.3 is 0 Å². The summed E-state index contributed by atoms with van der Waals surface area (Å²) in [6.07, 6.45) is 9.25. The standard InChI is InChI=1S/C16H25N3O/c1-4-14-15(17-5-2)18-11-19-16(14)20-10-13-9-7-6-8-12(13)3/h6-7,11-13H,4-5,8-10H2,1-3H3,(H,17,18,19). The van der Waals surface area contributed by atoms with E-state index in [1.807, 2.05) is 0 Å². The second kappa shape index (κ2) is 7.27. The molecule has 1 aliphatic carbocycles. The van der Waals surface area contributed by atoms with Gasteiger partial charge in [-0.3, -0.25) is 0 Å². The molecule has 0 aromatic carbocycles. The van der Waals surface area contributed by atoms with Gasteiger partial charge < -0.3 is 10.1 Å². The lowest BCUT2D eigenvalue weighted by atomic mass is 9.85. The van der Waals surface area contributed by atoms with Gasteiger partial charge in [0, 0.05) is 6.54 Å². The summed E-state index contributed by atoms with van der Waals surface area (Å²) in [5.41, 5.74) is 1.08. The molecule has 0 bridgehead atoms. The summed E-state index contributed by atoms with van der Waals surface area (Å²) < 4.78 is 6.00. The summed E-state index contributed by atoms with van der Waals surface area (Å²) in [6.45, 7) is 8.06. The maximum Gasteiger partial charge on any atom is 0.221 e. The number of hydrogen-bond donors (Lipinski definition) is 1. The molecule has 1 aromatic rings. The third kappa shape index (κ3) is 3.50. The van der Waals surface area contributed by atoms with E-state index in [1.54, 1.807) is 6.33 Å². The Morgan fingerprint density at radius 3 is 2.75 bits per heavy atom. The largest absolute Gasteiger partial charge is 0.477 e. The number of nitrogens with zero attached hydrogens (tertiary/aromatic N) is 2. The molecule has 0 radical (unpaired) electrons. The van der Waals surface area contributed by atoms with E-state index in [4.69, 9.17) is 4.74 Å². The Labute approximate surface area is 121 Å². The summed E-state index contributed by atoms with van der Waals surface area (Å²) in [5, 5.41) is 3.27. The average molecular weight is 275 g/mol. The van der Waals surface area contributed by atoms with E-state index in [9.17, 15) is 0 Å². The highest BCUT2D eigenvalue weighted by Gasteiger charge is 2.20. The fraction of sp³-hybridized carbons (Fsp3) is 0.625. The molecule has 2 unspecified atom stereocenters. The molecule has 0 amide bonds. The summed E-state index contributed by atoms with van der Waals surface area (Å²) in [6, 6.07) is 0. The van der Waals surface area contributed by atoms with Gasteiger partial charge in [0.15, 0.2) is 0 Å². The number of anilines is 1. The van der Waals surface area contributed by atoms with Crippen molar-refractivity contribution in [3.8, 4) is 5.88 Å². The monoisotopic (exact) mass is 275 g/mol. The van der Waals surface area contributed by atoms with E-state index in [-0.39, 0.29) is 0 Å². The summed E-state index contributed by atoms with van der Waals surface area (Å²) >= 11 is 0. The van der Waals surface area contributed by atoms with Crippen LogP contribution >= 0.6 is 0 Å². The van der Waals surface area contributed by atoms with Gasteiger partial charge in [0.2, 0.25) is 5.88 Å². The quantitative estimate of drug-likeness (QED) is 0.808. The molecule has 4 heteroatoms. The Kier molecular flexibility index (Phi) is 5.39. The molecule has 0 saturated heterocycles. The van der Waals surface area contributed by atoms with E-state index in [0.29, 0.717) is 11.8 Å². The highest BCUT2D eigenvalue weighted by molar-refractivity contribution is 5.48. The number of hydrogen-bond acceptors (Lipinski definition) is 4. The van der Waals surface area contributed by atoms with Crippen molar-refractivity contribution in [1.82, 2.24) is 9.97 Å². The molecular weight excluding hydrogens is 250 g/mol. The van der Waals surface area contributed by atoms with E-state index < -0.39 is 0 Å². The minimum atomic E-state index is 0.585. The molecule has 1 heterocycles. The first-order valence-corrected chi connectivity index (χ1v) is 7.61. The van der Waals surface area contributed by atoms with Crippen LogP contribution in [-0.2, 0) is 6.42 Å². The van der Waals surface area contributed by atoms with Gasteiger partial charge in [-0.05, 0) is 38.0 Å². The molecule has 2 rings (SSSR count). The van der Waals surface area contributed by atoms with Crippen LogP contribution in [0.4, 0.5) is 5.82 Å². The van der Waals surface area contributed by atoms with Crippen LogP contribution in [0.25, 0.3) is 0 Å². The van der Waals surface area contributed by atoms with Crippen LogP contribution in [-0.4, -0.2) is 23.1 Å². The number of rotatable bonds is 6. The molecule has 1 aliphatic rings. The fourth-order valence-corrected chi connectivity index (χ4v) is 2.58. The minimum Gasteiger partial charge on any atom is -0.477 e. The Morgan fingerprint density at radius 2 is 2.05 bits per heavy atom. The molecule has 0 saturated carbocycles. The van der Waals surface area contributed by atoms with Crippen LogP contribution in [0.3, 0.4) is 0 Å². The van der Waals surface area contributed by atoms with E-state index >= 15 is 0 Å². The predicted molar refractivity (Wildman–Crippen MR) is 82.1 cm³/mol. The second-order valence-electron chi connectivity index (χ2n) is 5.38. The molecule has 4 nitrogen and oxygen atoms in total. The van der Waals surface area contributed by atoms with E-state index in [0.717, 1.165) is 49.7 Å². The molecule has 20 heavy (non-hydrogen) atoms. The van der Waals surface area contributed by atoms with E-state index in [2.05, 4.69) is 48.2 Å². The van der Waals surface area contributed by atoms with Crippen LogP contribution in [0.2, 0.25) is 0 Å². The topological polar surface area (TPSA) is 47.0 Å². The molecule has 0 spiro atoms. The molecule has 2 atom stereocenters. The SMILES string of the molecule is CCNc1ncnc(OCC2CC=CCC2C)c1CC. The van der Waals surface area contributed by atoms with Crippen LogP contribution in [0.1, 0.15) is 39.2 Å². The van der Waals surface area contributed by atoms with Gasteiger partial charge in [0.25, 0.3) is 0 Å². The first-order valence-electron chi connectivity index (χ1n) is 7.61. The van der Waals surface area contributed by atoms with Gasteiger partial charge in [-0.15, -0.1) is 0 Å². The van der Waals surface area contributed by atoms with Crippen molar-refractivity contribution in [3.63, 3.8) is 0 Å². The van der Waals surface area contributed by atoms with E-state index in [1.165, 1.54) is 0 Å². The van der Waals surface area contributed by atoms with Gasteiger partial charge in [-0.1, -0.05) is 26.0 Å². The minimum absolute atomic E-state index is 0.585. The second-order valence-corrected chi connectivity index (χ2v) is 5.38. The highest BCUT2D eigenvalue weighted by atomic mass is 16.5. The maximum absolute atomic E-state index is 6.00. The van der Waals surface area contributed by atoms with Gasteiger partial charge in [-0.25, -0.2) is 9.97 Å². The third-order valence-corrected chi connectivity index (χ3v) is 3.96. The Hall–Kier alpha value is -1.58. The van der Waals surface area contributed by atoms with Gasteiger partial charge in [0.1, 0.15) is 12.1 Å². The Bertz CT molecular complexity index is 459. The zero-order valence-corrected chi connectivity index (χ0v) is 12.7. The smallest absolute Gasteiger partial charge is 0.221 e. The Morgan fingerprint density at radius 1 is 1.25 bits per heavy atom. The zero-order valence-electron chi connectivity index (χ0n) is 12.7. The molecule has 1 N–H and O–H groups in total. The predicted octanol–water partition coefficient (Wildman–Crippen LogP) is 3.45. The number of allylic oxidation sites excluding steroid dienone is 2. The lowest BCUT2D eigenvalue weighted by Crippen LogP contribution is -2.22. The first-order chi connectivity index (χ1) is 9.76. The normalized spacial score (nSPS) is 21.8. The van der Waals surface area contributed by atoms with Crippen molar-refractivity contribution < 1.29 is 4.74 Å². The fourth-order valence-electron chi connectivity index (χ4n) is 2.58. The molecule has 1 aromatic heterocycles. The summed E-state index contributed by atoms with van der Waals surface area (Å²) in [7, 11) is 0. The summed E-state index contributed by atoms with van der Waals surface area (Å²) in [4.78, 5) is 8.61. The van der Waals surface area contributed by atoms with Crippen molar-refractivity contribution in [3.05, 3.63) is 24.0 Å².